The first-order valence-corrected chi connectivity index (χ1v) is 12.4. The van der Waals surface area contributed by atoms with Crippen LogP contribution in [0.3, 0.4) is 0 Å². The summed E-state index contributed by atoms with van der Waals surface area (Å²) >= 11 is 0. The summed E-state index contributed by atoms with van der Waals surface area (Å²) in [6.07, 6.45) is 2.33. The monoisotopic (exact) mass is 542 g/mol. The molecule has 2 aromatic carbocycles. The van der Waals surface area contributed by atoms with Crippen LogP contribution in [0.15, 0.2) is 56.2 Å². The Labute approximate surface area is 229 Å². The maximum Gasteiger partial charge on any atom is 0.331 e. The second kappa shape index (κ2) is 11.2. The van der Waals surface area contributed by atoms with E-state index in [2.05, 4.69) is 31.3 Å². The Kier molecular flexibility index (Phi) is 7.80. The van der Waals surface area contributed by atoms with Gasteiger partial charge in [-0.15, -0.1) is 0 Å². The molecular formula is C28H30N8O4. The van der Waals surface area contributed by atoms with Gasteiger partial charge in [0.1, 0.15) is 0 Å². The summed E-state index contributed by atoms with van der Waals surface area (Å²) in [7, 11) is 0. The normalized spacial score (nSPS) is 11.4. The molecule has 4 rings (SSSR count). The van der Waals surface area contributed by atoms with E-state index >= 15 is 0 Å². The molecular weight excluding hydrogens is 512 g/mol. The number of carbonyl (C=O) groups is 2. The van der Waals surface area contributed by atoms with Gasteiger partial charge >= 0.3 is 11.8 Å². The van der Waals surface area contributed by atoms with Gasteiger partial charge in [0.25, 0.3) is 11.1 Å². The van der Waals surface area contributed by atoms with Crippen LogP contribution in [0.5, 0.6) is 0 Å². The Hall–Kier alpha value is -5.26. The van der Waals surface area contributed by atoms with Crippen molar-refractivity contribution in [1.29, 1.82) is 0 Å². The molecule has 0 saturated carbocycles. The number of hydrogen-bond donors (Lipinski definition) is 4. The van der Waals surface area contributed by atoms with Crippen LogP contribution in [0.4, 0.5) is 0 Å². The lowest BCUT2D eigenvalue weighted by Gasteiger charge is -2.05. The second-order valence-electron chi connectivity index (χ2n) is 9.52. The van der Waals surface area contributed by atoms with E-state index in [-0.39, 0.29) is 22.2 Å². The van der Waals surface area contributed by atoms with Crippen molar-refractivity contribution in [2.45, 2.75) is 41.5 Å². The quantitative estimate of drug-likeness (QED) is 0.167. The molecule has 0 fully saturated rings. The van der Waals surface area contributed by atoms with Crippen LogP contribution in [0.2, 0.25) is 0 Å². The summed E-state index contributed by atoms with van der Waals surface area (Å²) in [6.45, 7) is 11.3. The molecule has 0 spiro atoms. The van der Waals surface area contributed by atoms with E-state index in [4.69, 9.17) is 0 Å². The molecule has 0 bridgehead atoms. The molecule has 0 aliphatic rings. The average Bonchev–Trinajstić information content (AvgIpc) is 3.36. The lowest BCUT2D eigenvalue weighted by Crippen LogP contribution is -2.35. The molecule has 0 unspecified atom stereocenters. The molecule has 0 saturated heterocycles. The predicted molar refractivity (Wildman–Crippen MR) is 153 cm³/mol. The van der Waals surface area contributed by atoms with Crippen LogP contribution < -0.4 is 22.0 Å². The zero-order valence-corrected chi connectivity index (χ0v) is 23.0. The first-order valence-electron chi connectivity index (χ1n) is 12.4. The predicted octanol–water partition coefficient (Wildman–Crippen LogP) is 2.10. The Balaban J connectivity index is 1.40. The number of aromatic nitrogens is 4. The summed E-state index contributed by atoms with van der Waals surface area (Å²) in [4.78, 5) is 50.0. The SMILES string of the molecule is Cc1ccc(-n2[nH]c(C)c(C=NNC(=O)C(=O)NN=Cc3c(C)[nH]n(-c4ccc(C)c(C)c4)c3=O)c2=O)cc1C. The van der Waals surface area contributed by atoms with Gasteiger partial charge < -0.3 is 0 Å². The number of nitrogens with zero attached hydrogens (tertiary/aromatic N) is 4. The molecule has 40 heavy (non-hydrogen) atoms. The van der Waals surface area contributed by atoms with Crippen LogP contribution in [0.1, 0.15) is 44.8 Å². The van der Waals surface area contributed by atoms with Crippen molar-refractivity contribution in [3.63, 3.8) is 0 Å². The third-order valence-electron chi connectivity index (χ3n) is 6.66. The number of carbonyl (C=O) groups excluding carboxylic acids is 2. The summed E-state index contributed by atoms with van der Waals surface area (Å²) in [5.74, 6) is -2.20. The van der Waals surface area contributed by atoms with Crippen molar-refractivity contribution >= 4 is 24.2 Å². The Morgan fingerprint density at radius 2 is 1.02 bits per heavy atom. The van der Waals surface area contributed by atoms with E-state index in [9.17, 15) is 19.2 Å². The fraction of sp³-hybridized carbons (Fsp3) is 0.214. The van der Waals surface area contributed by atoms with Crippen molar-refractivity contribution < 1.29 is 9.59 Å². The third kappa shape index (κ3) is 5.60. The standard InChI is InChI=1S/C28H30N8O4/c1-15-7-9-21(11-17(15)3)35-27(39)23(19(5)33-35)13-29-31-25(37)26(38)32-30-14-24-20(6)34-36(28(24)40)22-10-8-16(2)18(4)12-22/h7-14,33-34H,1-6H3,(H,31,37)(H,32,38). The van der Waals surface area contributed by atoms with E-state index in [0.29, 0.717) is 22.8 Å². The van der Waals surface area contributed by atoms with E-state index in [1.165, 1.54) is 21.8 Å². The fourth-order valence-corrected chi connectivity index (χ4v) is 3.93. The fourth-order valence-electron chi connectivity index (χ4n) is 3.93. The van der Waals surface area contributed by atoms with Gasteiger partial charge in [-0.2, -0.15) is 10.2 Å². The van der Waals surface area contributed by atoms with E-state index in [1.54, 1.807) is 13.8 Å². The number of aryl methyl sites for hydroxylation is 6. The lowest BCUT2D eigenvalue weighted by molar-refractivity contribution is -0.139. The molecule has 0 atom stereocenters. The summed E-state index contributed by atoms with van der Waals surface area (Å²) < 4.78 is 2.76. The highest BCUT2D eigenvalue weighted by Gasteiger charge is 2.15. The second-order valence-corrected chi connectivity index (χ2v) is 9.52. The first kappa shape index (κ1) is 27.8. The van der Waals surface area contributed by atoms with Gasteiger partial charge in [-0.3, -0.25) is 29.4 Å². The van der Waals surface area contributed by atoms with Crippen LogP contribution in [-0.2, 0) is 9.59 Å². The van der Waals surface area contributed by atoms with E-state index in [1.807, 2.05) is 64.1 Å². The molecule has 0 aliphatic carbocycles. The molecule has 206 valence electrons. The van der Waals surface area contributed by atoms with Crippen molar-refractivity contribution in [1.82, 2.24) is 30.4 Å². The topological polar surface area (TPSA) is 158 Å². The maximum absolute atomic E-state index is 12.9. The molecule has 4 aromatic rings. The van der Waals surface area contributed by atoms with Gasteiger partial charge in [-0.1, -0.05) is 12.1 Å². The molecule has 4 N–H and O–H groups in total. The van der Waals surface area contributed by atoms with Crippen molar-refractivity contribution in [3.8, 4) is 11.4 Å². The summed E-state index contributed by atoms with van der Waals surface area (Å²) in [5.41, 5.74) is 10.5. The number of aromatic amines is 2. The van der Waals surface area contributed by atoms with Crippen LogP contribution in [0, 0.1) is 41.5 Å². The highest BCUT2D eigenvalue weighted by atomic mass is 16.2. The zero-order valence-electron chi connectivity index (χ0n) is 23.0. The van der Waals surface area contributed by atoms with Gasteiger partial charge in [-0.05, 0) is 88.1 Å². The van der Waals surface area contributed by atoms with Gasteiger partial charge in [-0.25, -0.2) is 20.2 Å². The van der Waals surface area contributed by atoms with Crippen LogP contribution in [-0.4, -0.2) is 43.8 Å². The van der Waals surface area contributed by atoms with Crippen LogP contribution >= 0.6 is 0 Å². The minimum absolute atomic E-state index is 0.222. The van der Waals surface area contributed by atoms with Gasteiger partial charge in [0.2, 0.25) is 0 Å². The van der Waals surface area contributed by atoms with Gasteiger partial charge in [0.15, 0.2) is 0 Å². The maximum atomic E-state index is 12.9. The number of rotatable bonds is 6. The number of benzene rings is 2. The van der Waals surface area contributed by atoms with E-state index in [0.717, 1.165) is 22.3 Å². The molecule has 2 amide bonds. The van der Waals surface area contributed by atoms with E-state index < -0.39 is 11.8 Å². The molecule has 2 aromatic heterocycles. The molecule has 0 radical (unpaired) electrons. The number of H-pyrrole nitrogens is 2. The first-order chi connectivity index (χ1) is 19.0. The number of amides is 2. The van der Waals surface area contributed by atoms with Crippen molar-refractivity contribution in [2.24, 2.45) is 10.2 Å². The highest BCUT2D eigenvalue weighted by molar-refractivity contribution is 6.35. The Morgan fingerprint density at radius 1 is 0.650 bits per heavy atom. The lowest BCUT2D eigenvalue weighted by atomic mass is 10.1. The minimum Gasteiger partial charge on any atom is -0.295 e. The summed E-state index contributed by atoms with van der Waals surface area (Å²) in [5, 5.41) is 13.4. The molecule has 2 heterocycles. The Bertz CT molecular complexity index is 1670. The number of hydrogen-bond acceptors (Lipinski definition) is 6. The smallest absolute Gasteiger partial charge is 0.295 e. The number of nitrogens with one attached hydrogen (secondary N) is 4. The van der Waals surface area contributed by atoms with Crippen molar-refractivity contribution in [2.75, 3.05) is 0 Å². The minimum atomic E-state index is -1.10. The molecule has 0 aliphatic heterocycles. The third-order valence-corrected chi connectivity index (χ3v) is 6.66. The largest absolute Gasteiger partial charge is 0.331 e. The van der Waals surface area contributed by atoms with Gasteiger partial charge in [0.05, 0.1) is 34.9 Å². The molecule has 12 nitrogen and oxygen atoms in total. The average molecular weight is 543 g/mol. The zero-order chi connectivity index (χ0) is 29.1. The van der Waals surface area contributed by atoms with Crippen molar-refractivity contribution in [3.05, 3.63) is 102 Å². The van der Waals surface area contributed by atoms with Gasteiger partial charge in [0, 0.05) is 11.4 Å². The number of hydrazone groups is 2. The Morgan fingerprint density at radius 3 is 1.38 bits per heavy atom. The van der Waals surface area contributed by atoms with Crippen LogP contribution in [0.25, 0.3) is 11.4 Å². The molecule has 12 heteroatoms. The highest BCUT2D eigenvalue weighted by Crippen LogP contribution is 2.14. The summed E-state index contributed by atoms with van der Waals surface area (Å²) in [6, 6.07) is 11.2.